The lowest BCUT2D eigenvalue weighted by molar-refractivity contribution is -0.130. The first kappa shape index (κ1) is 15.7. The lowest BCUT2D eigenvalue weighted by atomic mass is 9.98. The smallest absolute Gasteiger partial charge is 0.240 e. The predicted octanol–water partition coefficient (Wildman–Crippen LogP) is 3.98. The highest BCUT2D eigenvalue weighted by Gasteiger charge is 2.31. The number of fused-ring (bicyclic) bond motifs is 1. The maximum atomic E-state index is 12.1. The first-order valence-corrected chi connectivity index (χ1v) is 8.33. The fourth-order valence-electron chi connectivity index (χ4n) is 3.09. The van der Waals surface area contributed by atoms with Crippen molar-refractivity contribution in [2.75, 3.05) is 0 Å². The van der Waals surface area contributed by atoms with Crippen LogP contribution >= 0.6 is 11.6 Å². The number of aromatic nitrogens is 2. The normalized spacial score (nSPS) is 17.0. The Morgan fingerprint density at radius 2 is 1.92 bits per heavy atom. The second kappa shape index (κ2) is 6.26. The van der Waals surface area contributed by atoms with E-state index >= 15 is 0 Å². The van der Waals surface area contributed by atoms with Crippen LogP contribution < -0.4 is 0 Å². The summed E-state index contributed by atoms with van der Waals surface area (Å²) < 4.78 is 0. The van der Waals surface area contributed by atoms with Crippen molar-refractivity contribution in [2.45, 2.75) is 19.4 Å². The Labute approximate surface area is 150 Å². The fraction of sp³-hybridized carbons (Fsp3) is 0.158. The van der Waals surface area contributed by atoms with Crippen LogP contribution in [0.15, 0.2) is 60.0 Å². The lowest BCUT2D eigenvalue weighted by Gasteiger charge is -2.20. The number of hydrazone groups is 1. The van der Waals surface area contributed by atoms with Gasteiger partial charge in [-0.25, -0.2) is 5.01 Å². The average Bonchev–Trinajstić information content (AvgIpc) is 3.07. The van der Waals surface area contributed by atoms with Gasteiger partial charge >= 0.3 is 0 Å². The Kier molecular flexibility index (Phi) is 3.93. The van der Waals surface area contributed by atoms with Gasteiger partial charge in [0.25, 0.3) is 0 Å². The van der Waals surface area contributed by atoms with Gasteiger partial charge in [-0.3, -0.25) is 14.8 Å². The summed E-state index contributed by atoms with van der Waals surface area (Å²) in [5, 5.41) is 6.73. The van der Waals surface area contributed by atoms with Crippen LogP contribution in [0.5, 0.6) is 0 Å². The SMILES string of the molecule is CC(=O)N1N=C(c2cccc(Cl)c2)CC1c1ccc2nccnc2c1. The summed E-state index contributed by atoms with van der Waals surface area (Å²) in [6.07, 6.45) is 3.96. The highest BCUT2D eigenvalue weighted by Crippen LogP contribution is 2.34. The highest BCUT2D eigenvalue weighted by atomic mass is 35.5. The summed E-state index contributed by atoms with van der Waals surface area (Å²) in [4.78, 5) is 20.7. The minimum Gasteiger partial charge on any atom is -0.273 e. The summed E-state index contributed by atoms with van der Waals surface area (Å²) in [7, 11) is 0. The Balaban J connectivity index is 1.72. The number of halogens is 1. The quantitative estimate of drug-likeness (QED) is 0.702. The minimum atomic E-state index is -0.155. The first-order chi connectivity index (χ1) is 12.1. The standard InChI is InChI=1S/C19H15ClN4O/c1-12(25)24-19(11-17(23-24)13-3-2-4-15(20)9-13)14-5-6-16-18(10-14)22-8-7-21-16/h2-10,19H,11H2,1H3. The van der Waals surface area contributed by atoms with Crippen LogP contribution in [0.25, 0.3) is 11.0 Å². The summed E-state index contributed by atoms with van der Waals surface area (Å²) in [5.74, 6) is -0.0960. The van der Waals surface area contributed by atoms with Gasteiger partial charge in [0.05, 0.1) is 22.8 Å². The fourth-order valence-corrected chi connectivity index (χ4v) is 3.28. The Hall–Kier alpha value is -2.79. The molecule has 124 valence electrons. The van der Waals surface area contributed by atoms with E-state index in [1.165, 1.54) is 11.9 Å². The molecule has 2 aromatic carbocycles. The van der Waals surface area contributed by atoms with Crippen LogP contribution in [0.1, 0.15) is 30.5 Å². The molecule has 0 aliphatic carbocycles. The van der Waals surface area contributed by atoms with Crippen molar-refractivity contribution in [1.82, 2.24) is 15.0 Å². The van der Waals surface area contributed by atoms with Gasteiger partial charge in [0, 0.05) is 30.8 Å². The Morgan fingerprint density at radius 3 is 2.68 bits per heavy atom. The van der Waals surface area contributed by atoms with Crippen molar-refractivity contribution < 1.29 is 4.79 Å². The van der Waals surface area contributed by atoms with Crippen molar-refractivity contribution in [2.24, 2.45) is 5.10 Å². The summed E-state index contributed by atoms with van der Waals surface area (Å²) >= 11 is 6.09. The molecule has 1 aromatic heterocycles. The second-order valence-electron chi connectivity index (χ2n) is 5.95. The van der Waals surface area contributed by atoms with Crippen molar-refractivity contribution >= 4 is 34.3 Å². The van der Waals surface area contributed by atoms with Gasteiger partial charge in [0.1, 0.15) is 0 Å². The molecule has 1 aliphatic heterocycles. The van der Waals surface area contributed by atoms with Crippen LogP contribution in [0.2, 0.25) is 5.02 Å². The van der Waals surface area contributed by atoms with Crippen molar-refractivity contribution in [3.05, 3.63) is 71.0 Å². The van der Waals surface area contributed by atoms with E-state index in [2.05, 4.69) is 15.1 Å². The van der Waals surface area contributed by atoms with Gasteiger partial charge in [-0.2, -0.15) is 5.10 Å². The number of nitrogens with zero attached hydrogens (tertiary/aromatic N) is 4. The topological polar surface area (TPSA) is 58.5 Å². The molecule has 6 heteroatoms. The monoisotopic (exact) mass is 350 g/mol. The molecule has 5 nitrogen and oxygen atoms in total. The predicted molar refractivity (Wildman–Crippen MR) is 97.4 cm³/mol. The molecule has 1 unspecified atom stereocenters. The van der Waals surface area contributed by atoms with E-state index in [1.54, 1.807) is 12.4 Å². The molecule has 2 heterocycles. The maximum Gasteiger partial charge on any atom is 0.240 e. The third-order valence-electron chi connectivity index (χ3n) is 4.27. The van der Waals surface area contributed by atoms with Gasteiger partial charge in [0.2, 0.25) is 5.91 Å². The number of benzene rings is 2. The zero-order chi connectivity index (χ0) is 17.4. The molecule has 1 atom stereocenters. The van der Waals surface area contributed by atoms with Gasteiger partial charge in [-0.05, 0) is 35.4 Å². The van der Waals surface area contributed by atoms with Crippen LogP contribution in [-0.4, -0.2) is 26.6 Å². The molecule has 0 N–H and O–H groups in total. The van der Waals surface area contributed by atoms with E-state index in [9.17, 15) is 4.79 Å². The Morgan fingerprint density at radius 1 is 1.12 bits per heavy atom. The summed E-state index contributed by atoms with van der Waals surface area (Å²) in [6, 6.07) is 13.3. The van der Waals surface area contributed by atoms with E-state index in [4.69, 9.17) is 11.6 Å². The van der Waals surface area contributed by atoms with Gasteiger partial charge in [-0.15, -0.1) is 0 Å². The summed E-state index contributed by atoms with van der Waals surface area (Å²) in [6.45, 7) is 1.53. The number of amides is 1. The molecule has 0 saturated heterocycles. The largest absolute Gasteiger partial charge is 0.273 e. The number of hydrogen-bond donors (Lipinski definition) is 0. The molecular weight excluding hydrogens is 336 g/mol. The van der Waals surface area contributed by atoms with Crippen molar-refractivity contribution in [3.8, 4) is 0 Å². The van der Waals surface area contributed by atoms with Gasteiger partial charge in [-0.1, -0.05) is 29.8 Å². The lowest BCUT2D eigenvalue weighted by Crippen LogP contribution is -2.24. The zero-order valence-corrected chi connectivity index (χ0v) is 14.3. The number of carbonyl (C=O) groups excluding carboxylic acids is 1. The molecular formula is C19H15ClN4O. The van der Waals surface area contributed by atoms with E-state index < -0.39 is 0 Å². The van der Waals surface area contributed by atoms with Crippen LogP contribution in [0, 0.1) is 0 Å². The number of rotatable bonds is 2. The van der Waals surface area contributed by atoms with E-state index in [-0.39, 0.29) is 11.9 Å². The van der Waals surface area contributed by atoms with E-state index in [0.717, 1.165) is 27.9 Å². The van der Waals surface area contributed by atoms with E-state index in [1.807, 2.05) is 42.5 Å². The molecule has 0 saturated carbocycles. The summed E-state index contributed by atoms with van der Waals surface area (Å²) in [5.41, 5.74) is 4.40. The molecule has 0 fully saturated rings. The van der Waals surface area contributed by atoms with Crippen molar-refractivity contribution in [3.63, 3.8) is 0 Å². The molecule has 0 spiro atoms. The van der Waals surface area contributed by atoms with Gasteiger partial charge < -0.3 is 0 Å². The molecule has 1 aliphatic rings. The third-order valence-corrected chi connectivity index (χ3v) is 4.50. The zero-order valence-electron chi connectivity index (χ0n) is 13.6. The van der Waals surface area contributed by atoms with Crippen LogP contribution in [0.4, 0.5) is 0 Å². The molecule has 4 rings (SSSR count). The van der Waals surface area contributed by atoms with Crippen LogP contribution in [0.3, 0.4) is 0 Å². The maximum absolute atomic E-state index is 12.1. The molecule has 0 bridgehead atoms. The van der Waals surface area contributed by atoms with Crippen molar-refractivity contribution in [1.29, 1.82) is 0 Å². The average molecular weight is 351 g/mol. The number of carbonyl (C=O) groups is 1. The Bertz CT molecular complexity index is 1000. The van der Waals surface area contributed by atoms with E-state index in [0.29, 0.717) is 11.4 Å². The second-order valence-corrected chi connectivity index (χ2v) is 6.38. The minimum absolute atomic E-state index is 0.0960. The number of hydrogen-bond acceptors (Lipinski definition) is 4. The first-order valence-electron chi connectivity index (χ1n) is 7.96. The molecule has 3 aromatic rings. The highest BCUT2D eigenvalue weighted by molar-refractivity contribution is 6.31. The molecule has 0 radical (unpaired) electrons. The molecule has 25 heavy (non-hydrogen) atoms. The third kappa shape index (κ3) is 2.98. The van der Waals surface area contributed by atoms with Crippen LogP contribution in [-0.2, 0) is 4.79 Å². The molecule has 1 amide bonds. The van der Waals surface area contributed by atoms with Gasteiger partial charge in [0.15, 0.2) is 0 Å².